The number of rotatable bonds is 5. The van der Waals surface area contributed by atoms with Gasteiger partial charge in [-0.3, -0.25) is 0 Å². The summed E-state index contributed by atoms with van der Waals surface area (Å²) in [7, 11) is 0. The van der Waals surface area contributed by atoms with E-state index in [9.17, 15) is 26.7 Å². The van der Waals surface area contributed by atoms with Crippen molar-refractivity contribution in [1.29, 1.82) is 0 Å². The maximum Gasteiger partial charge on any atom is 0.486 e. The molecule has 1 N–H and O–H groups in total. The van der Waals surface area contributed by atoms with Crippen LogP contribution in [0.15, 0.2) is 0 Å². The molecule has 0 saturated heterocycles. The van der Waals surface area contributed by atoms with Crippen LogP contribution >= 0.6 is 45.2 Å². The number of carbonyl (C=O) groups excluding carboxylic acids is 1. The third kappa shape index (κ3) is 6.85. The summed E-state index contributed by atoms with van der Waals surface area (Å²) >= 11 is 1.51. The Labute approximate surface area is 119 Å². The lowest BCUT2D eigenvalue weighted by Crippen LogP contribution is -2.51. The summed E-state index contributed by atoms with van der Waals surface area (Å²) in [5, 5.41) is 8.87. The highest BCUT2D eigenvalue weighted by Gasteiger charge is 2.60. The Kier molecular flexibility index (Phi) is 6.28. The molecule has 1 unspecified atom stereocenters. The molecule has 0 rings (SSSR count). The fourth-order valence-electron chi connectivity index (χ4n) is 0.583. The van der Waals surface area contributed by atoms with Gasteiger partial charge in [-0.1, -0.05) is 0 Å². The van der Waals surface area contributed by atoms with Gasteiger partial charge in [-0.15, -0.1) is 0 Å². The minimum atomic E-state index is -5.45. The molecule has 0 saturated carbocycles. The quantitative estimate of drug-likeness (QED) is 0.212. The number of hydrogen-bond acceptors (Lipinski definition) is 4. The molecule has 0 aliphatic carbocycles. The Morgan fingerprint density at radius 1 is 1.24 bits per heavy atom. The van der Waals surface area contributed by atoms with Crippen molar-refractivity contribution in [2.24, 2.45) is 0 Å². The zero-order chi connectivity index (χ0) is 13.9. The van der Waals surface area contributed by atoms with E-state index in [0.29, 0.717) is 22.6 Å². The fourth-order valence-corrected chi connectivity index (χ4v) is 1.10. The third-order valence-corrected chi connectivity index (χ3v) is 2.02. The number of carbonyl (C=O) groups is 1. The summed E-state index contributed by atoms with van der Waals surface area (Å²) in [5.41, 5.74) is 0. The number of ether oxygens (including phenoxy) is 2. The van der Waals surface area contributed by atoms with Crippen LogP contribution in [-0.2, 0) is 9.47 Å². The second-order valence-corrected chi connectivity index (χ2v) is 5.09. The van der Waals surface area contributed by atoms with Crippen molar-refractivity contribution in [3.63, 3.8) is 0 Å². The van der Waals surface area contributed by atoms with Crippen LogP contribution in [-0.4, -0.2) is 31.8 Å². The summed E-state index contributed by atoms with van der Waals surface area (Å²) in [6.07, 6.45) is -6.53. The molecular formula is C6H5F5I2O4. The van der Waals surface area contributed by atoms with Crippen molar-refractivity contribution in [3.8, 4) is 0 Å². The van der Waals surface area contributed by atoms with Crippen molar-refractivity contribution in [2.45, 2.75) is 22.5 Å². The molecule has 0 heterocycles. The Morgan fingerprint density at radius 2 is 1.71 bits per heavy atom. The van der Waals surface area contributed by atoms with Crippen molar-refractivity contribution >= 4 is 49.2 Å². The molecule has 0 spiro atoms. The minimum Gasteiger partial charge on any atom is -0.393 e. The smallest absolute Gasteiger partial charge is 0.393 e. The highest BCUT2D eigenvalue weighted by Crippen LogP contribution is 2.35. The van der Waals surface area contributed by atoms with Gasteiger partial charge in [-0.2, -0.15) is 22.0 Å². The zero-order valence-electron chi connectivity index (χ0n) is 7.73. The summed E-state index contributed by atoms with van der Waals surface area (Å²) in [5.74, 6) is -4.22. The van der Waals surface area contributed by atoms with E-state index in [1.54, 1.807) is 0 Å². The largest absolute Gasteiger partial charge is 0.486 e. The molecule has 0 aromatic carbocycles. The number of aliphatic hydroxyl groups is 1. The maximum absolute atomic E-state index is 12.3. The topological polar surface area (TPSA) is 55.8 Å². The summed E-state index contributed by atoms with van der Waals surface area (Å²) < 4.78 is 63.8. The Hall–Kier alpha value is 0.500. The first-order valence-corrected chi connectivity index (χ1v) is 5.91. The van der Waals surface area contributed by atoms with Crippen LogP contribution in [0.25, 0.3) is 0 Å². The second kappa shape index (κ2) is 6.10. The molecule has 0 aromatic heterocycles. The summed E-state index contributed by atoms with van der Waals surface area (Å²) in [6.45, 7) is -1.14. The van der Waals surface area contributed by atoms with Crippen molar-refractivity contribution in [1.82, 2.24) is 0 Å². The minimum absolute atomic E-state index is 0.689. The van der Waals surface area contributed by atoms with Gasteiger partial charge in [0.15, 0.2) is 0 Å². The average molecular weight is 490 g/mol. The van der Waals surface area contributed by atoms with Crippen LogP contribution in [0.1, 0.15) is 6.42 Å². The van der Waals surface area contributed by atoms with E-state index >= 15 is 0 Å². The number of halogens is 7. The molecular weight excluding hydrogens is 485 g/mol. The van der Waals surface area contributed by atoms with Crippen molar-refractivity contribution in [3.05, 3.63) is 0 Å². The van der Waals surface area contributed by atoms with Crippen LogP contribution in [0, 0.1) is 0 Å². The van der Waals surface area contributed by atoms with Gasteiger partial charge in [0.1, 0.15) is 0 Å². The van der Waals surface area contributed by atoms with Crippen LogP contribution in [0.4, 0.5) is 26.7 Å². The maximum atomic E-state index is 12.3. The summed E-state index contributed by atoms with van der Waals surface area (Å²) in [6, 6.07) is 0. The van der Waals surface area contributed by atoms with Crippen LogP contribution in [0.5, 0.6) is 0 Å². The van der Waals surface area contributed by atoms with E-state index in [4.69, 9.17) is 5.11 Å². The lowest BCUT2D eigenvalue weighted by Gasteiger charge is -2.28. The Morgan fingerprint density at radius 3 is 2.00 bits per heavy atom. The lowest BCUT2D eigenvalue weighted by molar-refractivity contribution is -0.450. The molecule has 0 aliphatic heterocycles. The second-order valence-electron chi connectivity index (χ2n) is 2.63. The van der Waals surface area contributed by atoms with Gasteiger partial charge >= 0.3 is 16.1 Å². The molecule has 0 bridgehead atoms. The molecule has 0 amide bonds. The Bertz CT molecular complexity index is 279. The molecule has 0 fully saturated rings. The van der Waals surface area contributed by atoms with E-state index in [0.717, 1.165) is 22.6 Å². The molecule has 102 valence electrons. The van der Waals surface area contributed by atoms with Crippen LogP contribution in [0.3, 0.4) is 0 Å². The van der Waals surface area contributed by atoms with Crippen molar-refractivity contribution < 1.29 is 41.3 Å². The third-order valence-electron chi connectivity index (χ3n) is 1.26. The van der Waals surface area contributed by atoms with Gasteiger partial charge in [-0.05, 0) is 22.6 Å². The van der Waals surface area contributed by atoms with E-state index in [-0.39, 0.29) is 0 Å². The molecule has 17 heavy (non-hydrogen) atoms. The Balaban J connectivity index is 4.57. The molecule has 0 aromatic rings. The predicted molar refractivity (Wildman–Crippen MR) is 61.0 cm³/mol. The first-order chi connectivity index (χ1) is 7.37. The normalized spacial score (nSPS) is 16.5. The standard InChI is InChI=1S/C6H5F5I2O4/c7-4(8,13)1-2-16-6(15,5(9,10)11)17-3(12)14/h15H,1-2H2. The molecule has 1 atom stereocenters. The van der Waals surface area contributed by atoms with Crippen LogP contribution in [0.2, 0.25) is 0 Å². The highest BCUT2D eigenvalue weighted by molar-refractivity contribution is 14.1. The van der Waals surface area contributed by atoms with Gasteiger partial charge in [0.25, 0.3) is 3.93 Å². The van der Waals surface area contributed by atoms with Gasteiger partial charge in [0.2, 0.25) is 0 Å². The lowest BCUT2D eigenvalue weighted by atomic mass is 10.4. The fraction of sp³-hybridized carbons (Fsp3) is 0.833. The molecule has 4 nitrogen and oxygen atoms in total. The van der Waals surface area contributed by atoms with Gasteiger partial charge < -0.3 is 14.6 Å². The van der Waals surface area contributed by atoms with Gasteiger partial charge in [-0.25, -0.2) is 4.79 Å². The van der Waals surface area contributed by atoms with Crippen molar-refractivity contribution in [2.75, 3.05) is 6.61 Å². The van der Waals surface area contributed by atoms with E-state index < -0.39 is 33.1 Å². The number of hydrogen-bond donors (Lipinski definition) is 1. The summed E-state index contributed by atoms with van der Waals surface area (Å²) in [4.78, 5) is 10.3. The van der Waals surface area contributed by atoms with E-state index in [1.165, 1.54) is 0 Å². The average Bonchev–Trinajstić information content (AvgIpc) is 1.96. The van der Waals surface area contributed by atoms with Gasteiger partial charge in [0.05, 0.1) is 29.2 Å². The molecule has 11 heteroatoms. The van der Waals surface area contributed by atoms with E-state index in [1.807, 2.05) is 0 Å². The zero-order valence-corrected chi connectivity index (χ0v) is 12.0. The molecule has 0 radical (unpaired) electrons. The highest BCUT2D eigenvalue weighted by atomic mass is 127. The van der Waals surface area contributed by atoms with Crippen LogP contribution < -0.4 is 0 Å². The predicted octanol–water partition coefficient (Wildman–Crippen LogP) is 3.20. The first-order valence-electron chi connectivity index (χ1n) is 3.76. The monoisotopic (exact) mass is 490 g/mol. The van der Waals surface area contributed by atoms with Gasteiger partial charge in [0, 0.05) is 6.42 Å². The van der Waals surface area contributed by atoms with E-state index in [2.05, 4.69) is 9.47 Å². The number of alkyl halides is 6. The SMILES string of the molecule is O=C(I)OC(O)(OCCC(F)(F)I)C(F)(F)F. The first kappa shape index (κ1) is 17.5. The molecule has 0 aliphatic rings.